The molecule has 0 aliphatic carbocycles. The molecule has 6 heteroatoms. The Kier molecular flexibility index (Phi) is 5.20. The number of nitrogens with one attached hydrogen (secondary N) is 1. The van der Waals surface area contributed by atoms with E-state index >= 15 is 0 Å². The van der Waals surface area contributed by atoms with E-state index in [1.807, 2.05) is 13.1 Å². The van der Waals surface area contributed by atoms with Gasteiger partial charge in [-0.15, -0.1) is 11.3 Å². The van der Waals surface area contributed by atoms with Crippen LogP contribution < -0.4 is 10.2 Å². The molecular formula is C14H19ClN4S. The molecule has 0 amide bonds. The van der Waals surface area contributed by atoms with Gasteiger partial charge in [-0.25, -0.2) is 9.97 Å². The third-order valence-corrected chi connectivity index (χ3v) is 4.22. The van der Waals surface area contributed by atoms with Gasteiger partial charge in [0.2, 0.25) is 0 Å². The van der Waals surface area contributed by atoms with Gasteiger partial charge in [-0.2, -0.15) is 0 Å². The Balaban J connectivity index is 2.24. The Morgan fingerprint density at radius 3 is 2.70 bits per heavy atom. The number of hydrogen-bond acceptors (Lipinski definition) is 5. The number of hydrogen-bond donors (Lipinski definition) is 1. The zero-order valence-electron chi connectivity index (χ0n) is 12.0. The Hall–Kier alpha value is -1.33. The van der Waals surface area contributed by atoms with Crippen LogP contribution in [0.2, 0.25) is 4.34 Å². The fourth-order valence-corrected chi connectivity index (χ4v) is 3.26. The molecular weight excluding hydrogens is 292 g/mol. The minimum atomic E-state index is 0.799. The van der Waals surface area contributed by atoms with Gasteiger partial charge in [-0.3, -0.25) is 0 Å². The maximum Gasteiger partial charge on any atom is 0.137 e. The van der Waals surface area contributed by atoms with Crippen LogP contribution in [0.1, 0.15) is 24.3 Å². The van der Waals surface area contributed by atoms with Gasteiger partial charge in [0, 0.05) is 24.0 Å². The SMILES string of the molecule is CCNc1ncnc(N(C)Cc2ccc(Cl)s2)c1CC. The van der Waals surface area contributed by atoms with E-state index in [1.54, 1.807) is 17.7 Å². The summed E-state index contributed by atoms with van der Waals surface area (Å²) >= 11 is 7.58. The minimum absolute atomic E-state index is 0.799. The van der Waals surface area contributed by atoms with E-state index in [9.17, 15) is 0 Å². The largest absolute Gasteiger partial charge is 0.370 e. The Morgan fingerprint density at radius 1 is 1.30 bits per heavy atom. The van der Waals surface area contributed by atoms with E-state index in [4.69, 9.17) is 11.6 Å². The lowest BCUT2D eigenvalue weighted by atomic mass is 10.2. The Labute approximate surface area is 128 Å². The van der Waals surface area contributed by atoms with Gasteiger partial charge < -0.3 is 10.2 Å². The van der Waals surface area contributed by atoms with Crippen LogP contribution in [-0.4, -0.2) is 23.6 Å². The quantitative estimate of drug-likeness (QED) is 0.880. The van der Waals surface area contributed by atoms with Crippen molar-refractivity contribution in [2.24, 2.45) is 0 Å². The molecule has 0 aliphatic heterocycles. The first-order valence-electron chi connectivity index (χ1n) is 6.68. The molecule has 0 fully saturated rings. The summed E-state index contributed by atoms with van der Waals surface area (Å²) in [6.45, 7) is 5.85. The average Bonchev–Trinajstić information content (AvgIpc) is 2.84. The molecule has 2 aromatic heterocycles. The highest BCUT2D eigenvalue weighted by Crippen LogP contribution is 2.27. The Bertz CT molecular complexity index is 570. The lowest BCUT2D eigenvalue weighted by molar-refractivity contribution is 0.880. The molecule has 0 unspecified atom stereocenters. The number of nitrogens with zero attached hydrogens (tertiary/aromatic N) is 3. The van der Waals surface area contributed by atoms with Crippen molar-refractivity contribution in [1.82, 2.24) is 9.97 Å². The summed E-state index contributed by atoms with van der Waals surface area (Å²) in [7, 11) is 2.05. The summed E-state index contributed by atoms with van der Waals surface area (Å²) in [6.07, 6.45) is 2.51. The summed E-state index contributed by atoms with van der Waals surface area (Å²) in [4.78, 5) is 12.1. The van der Waals surface area contributed by atoms with Crippen LogP contribution in [0.3, 0.4) is 0 Å². The summed E-state index contributed by atoms with van der Waals surface area (Å²) in [5.41, 5.74) is 1.15. The summed E-state index contributed by atoms with van der Waals surface area (Å²) in [5, 5.41) is 3.29. The number of anilines is 2. The van der Waals surface area contributed by atoms with Crippen molar-refractivity contribution in [2.75, 3.05) is 23.8 Å². The van der Waals surface area contributed by atoms with E-state index in [0.29, 0.717) is 0 Å². The Morgan fingerprint density at radius 2 is 2.10 bits per heavy atom. The molecule has 0 saturated heterocycles. The second-order valence-electron chi connectivity index (χ2n) is 4.47. The summed E-state index contributed by atoms with van der Waals surface area (Å²) in [6, 6.07) is 3.99. The zero-order chi connectivity index (χ0) is 14.5. The van der Waals surface area contributed by atoms with Gasteiger partial charge in [0.05, 0.1) is 10.9 Å². The predicted octanol–water partition coefficient (Wildman–Crippen LogP) is 3.82. The van der Waals surface area contributed by atoms with Crippen LogP contribution in [-0.2, 0) is 13.0 Å². The zero-order valence-corrected chi connectivity index (χ0v) is 13.6. The molecule has 0 aromatic carbocycles. The van der Waals surface area contributed by atoms with Gasteiger partial charge in [0.15, 0.2) is 0 Å². The summed E-state index contributed by atoms with van der Waals surface area (Å²) in [5.74, 6) is 1.90. The number of halogens is 1. The van der Waals surface area contributed by atoms with Crippen LogP contribution in [0.5, 0.6) is 0 Å². The monoisotopic (exact) mass is 310 g/mol. The standard InChI is InChI=1S/C14H19ClN4S/c1-4-11-13(16-5-2)17-9-18-14(11)19(3)8-10-6-7-12(15)20-10/h6-7,9H,4-5,8H2,1-3H3,(H,16,17,18). The van der Waals surface area contributed by atoms with Crippen molar-refractivity contribution < 1.29 is 0 Å². The van der Waals surface area contributed by atoms with Crippen LogP contribution in [0, 0.1) is 0 Å². The molecule has 4 nitrogen and oxygen atoms in total. The molecule has 2 rings (SSSR count). The number of thiophene rings is 1. The molecule has 108 valence electrons. The first-order valence-corrected chi connectivity index (χ1v) is 7.88. The van der Waals surface area contributed by atoms with E-state index < -0.39 is 0 Å². The van der Waals surface area contributed by atoms with E-state index in [1.165, 1.54) is 4.88 Å². The summed E-state index contributed by atoms with van der Waals surface area (Å²) < 4.78 is 0.820. The van der Waals surface area contributed by atoms with Gasteiger partial charge in [0.25, 0.3) is 0 Å². The smallest absolute Gasteiger partial charge is 0.137 e. The molecule has 0 atom stereocenters. The molecule has 0 spiro atoms. The number of aromatic nitrogens is 2. The van der Waals surface area contributed by atoms with Gasteiger partial charge >= 0.3 is 0 Å². The highest BCUT2D eigenvalue weighted by Gasteiger charge is 2.14. The van der Waals surface area contributed by atoms with Crippen molar-refractivity contribution in [3.63, 3.8) is 0 Å². The van der Waals surface area contributed by atoms with Crippen molar-refractivity contribution in [3.05, 3.63) is 33.2 Å². The highest BCUT2D eigenvalue weighted by molar-refractivity contribution is 7.16. The fraction of sp³-hybridized carbons (Fsp3) is 0.429. The van der Waals surface area contributed by atoms with E-state index in [0.717, 1.165) is 41.0 Å². The minimum Gasteiger partial charge on any atom is -0.370 e. The normalized spacial score (nSPS) is 10.6. The van der Waals surface area contributed by atoms with Crippen molar-refractivity contribution >= 4 is 34.6 Å². The van der Waals surface area contributed by atoms with Crippen LogP contribution >= 0.6 is 22.9 Å². The van der Waals surface area contributed by atoms with E-state index in [2.05, 4.69) is 40.1 Å². The third kappa shape index (κ3) is 3.41. The molecule has 20 heavy (non-hydrogen) atoms. The molecule has 1 N–H and O–H groups in total. The molecule has 2 aromatic rings. The van der Waals surface area contributed by atoms with E-state index in [-0.39, 0.29) is 0 Å². The van der Waals surface area contributed by atoms with Crippen molar-refractivity contribution in [2.45, 2.75) is 26.8 Å². The molecule has 0 saturated carbocycles. The van der Waals surface area contributed by atoms with Gasteiger partial charge in [-0.05, 0) is 25.5 Å². The molecule has 0 radical (unpaired) electrons. The number of rotatable bonds is 6. The van der Waals surface area contributed by atoms with Crippen molar-refractivity contribution in [3.8, 4) is 0 Å². The lowest BCUT2D eigenvalue weighted by Crippen LogP contribution is -2.20. The molecule has 2 heterocycles. The first kappa shape index (κ1) is 15.1. The average molecular weight is 311 g/mol. The van der Waals surface area contributed by atoms with Gasteiger partial charge in [0.1, 0.15) is 18.0 Å². The van der Waals surface area contributed by atoms with Crippen LogP contribution in [0.15, 0.2) is 18.5 Å². The molecule has 0 aliphatic rings. The molecule has 0 bridgehead atoms. The lowest BCUT2D eigenvalue weighted by Gasteiger charge is -2.21. The van der Waals surface area contributed by atoms with Crippen molar-refractivity contribution in [1.29, 1.82) is 0 Å². The predicted molar refractivity (Wildman–Crippen MR) is 87.0 cm³/mol. The third-order valence-electron chi connectivity index (χ3n) is 3.00. The highest BCUT2D eigenvalue weighted by atomic mass is 35.5. The van der Waals surface area contributed by atoms with Crippen LogP contribution in [0.25, 0.3) is 0 Å². The first-order chi connectivity index (χ1) is 9.65. The topological polar surface area (TPSA) is 41.1 Å². The fourth-order valence-electron chi connectivity index (χ4n) is 2.12. The second-order valence-corrected chi connectivity index (χ2v) is 6.27. The second kappa shape index (κ2) is 6.90. The van der Waals surface area contributed by atoms with Gasteiger partial charge in [-0.1, -0.05) is 18.5 Å². The maximum atomic E-state index is 5.98. The van der Waals surface area contributed by atoms with Crippen LogP contribution in [0.4, 0.5) is 11.6 Å². The maximum absolute atomic E-state index is 5.98.